The van der Waals surface area contributed by atoms with Gasteiger partial charge in [-0.2, -0.15) is 0 Å². The zero-order valence-electron chi connectivity index (χ0n) is 11.7. The highest BCUT2D eigenvalue weighted by atomic mass is 16.1. The standard InChI is InChI=1S/C16H16N4O/c1-10(15(17)21)14(11-5-3-2-4-6-11)12-7-8-13-16(20-12)19-9-18-13/h2-10,14H,1H3,(H2,17,21)(H,18,19,20). The molecule has 0 aliphatic rings. The third-order valence-electron chi connectivity index (χ3n) is 3.73. The maximum absolute atomic E-state index is 11.7. The molecule has 3 aromatic rings. The number of benzene rings is 1. The smallest absolute Gasteiger partial charge is 0.221 e. The van der Waals surface area contributed by atoms with Crippen LogP contribution in [0.1, 0.15) is 24.1 Å². The van der Waals surface area contributed by atoms with Crippen molar-refractivity contribution >= 4 is 17.1 Å². The summed E-state index contributed by atoms with van der Waals surface area (Å²) in [6.07, 6.45) is 1.61. The molecule has 3 N–H and O–H groups in total. The molecule has 0 spiro atoms. The van der Waals surface area contributed by atoms with Gasteiger partial charge in [0.25, 0.3) is 0 Å². The molecule has 0 aliphatic heterocycles. The minimum atomic E-state index is -0.351. The number of carbonyl (C=O) groups excluding carboxylic acids is 1. The van der Waals surface area contributed by atoms with Crippen LogP contribution in [0.3, 0.4) is 0 Å². The van der Waals surface area contributed by atoms with Crippen molar-refractivity contribution in [3.8, 4) is 0 Å². The molecule has 106 valence electrons. The van der Waals surface area contributed by atoms with E-state index in [2.05, 4.69) is 15.0 Å². The highest BCUT2D eigenvalue weighted by Gasteiger charge is 2.26. The second-order valence-electron chi connectivity index (χ2n) is 5.09. The predicted molar refractivity (Wildman–Crippen MR) is 80.5 cm³/mol. The average molecular weight is 280 g/mol. The molecular weight excluding hydrogens is 264 g/mol. The lowest BCUT2D eigenvalue weighted by Gasteiger charge is -2.21. The van der Waals surface area contributed by atoms with Crippen molar-refractivity contribution in [3.05, 3.63) is 60.0 Å². The van der Waals surface area contributed by atoms with E-state index in [-0.39, 0.29) is 17.7 Å². The minimum Gasteiger partial charge on any atom is -0.369 e. The summed E-state index contributed by atoms with van der Waals surface area (Å²) in [5, 5.41) is 0. The molecule has 2 aromatic heterocycles. The SMILES string of the molecule is CC(C(N)=O)C(c1ccccc1)c1ccc2[nH]cnc2n1. The Kier molecular flexibility index (Phi) is 3.39. The number of nitrogens with one attached hydrogen (secondary N) is 1. The quantitative estimate of drug-likeness (QED) is 0.768. The maximum Gasteiger partial charge on any atom is 0.221 e. The van der Waals surface area contributed by atoms with Crippen LogP contribution in [0.25, 0.3) is 11.2 Å². The van der Waals surface area contributed by atoms with E-state index in [0.29, 0.717) is 5.65 Å². The van der Waals surface area contributed by atoms with Gasteiger partial charge in [0.15, 0.2) is 5.65 Å². The van der Waals surface area contributed by atoms with E-state index in [1.807, 2.05) is 49.4 Å². The number of nitrogens with two attached hydrogens (primary N) is 1. The first-order valence-corrected chi connectivity index (χ1v) is 6.81. The van der Waals surface area contributed by atoms with Gasteiger partial charge >= 0.3 is 0 Å². The number of amides is 1. The van der Waals surface area contributed by atoms with Crippen molar-refractivity contribution in [3.63, 3.8) is 0 Å². The third kappa shape index (κ3) is 2.50. The molecule has 1 amide bonds. The van der Waals surface area contributed by atoms with Crippen LogP contribution in [-0.4, -0.2) is 20.9 Å². The molecule has 2 atom stereocenters. The van der Waals surface area contributed by atoms with Crippen molar-refractivity contribution in [1.82, 2.24) is 15.0 Å². The van der Waals surface area contributed by atoms with Crippen LogP contribution in [0.2, 0.25) is 0 Å². The average Bonchev–Trinajstić information content (AvgIpc) is 2.96. The first kappa shape index (κ1) is 13.3. The van der Waals surface area contributed by atoms with E-state index in [0.717, 1.165) is 16.8 Å². The number of pyridine rings is 1. The zero-order valence-corrected chi connectivity index (χ0v) is 11.7. The normalized spacial score (nSPS) is 14.0. The number of aromatic nitrogens is 3. The predicted octanol–water partition coefficient (Wildman–Crippen LogP) is 2.21. The molecule has 0 bridgehead atoms. The summed E-state index contributed by atoms with van der Waals surface area (Å²) in [6, 6.07) is 13.7. The minimum absolute atomic E-state index is 0.176. The molecule has 2 unspecified atom stereocenters. The third-order valence-corrected chi connectivity index (χ3v) is 3.73. The lowest BCUT2D eigenvalue weighted by molar-refractivity contribution is -0.121. The second kappa shape index (κ2) is 5.36. The number of imidazole rings is 1. The fourth-order valence-corrected chi connectivity index (χ4v) is 2.55. The molecule has 0 radical (unpaired) electrons. The van der Waals surface area contributed by atoms with Crippen LogP contribution in [0.15, 0.2) is 48.8 Å². The van der Waals surface area contributed by atoms with Crippen LogP contribution in [-0.2, 0) is 4.79 Å². The number of nitrogens with zero attached hydrogens (tertiary/aromatic N) is 2. The van der Waals surface area contributed by atoms with Crippen LogP contribution < -0.4 is 5.73 Å². The Balaban J connectivity index is 2.11. The van der Waals surface area contributed by atoms with Gasteiger partial charge in [-0.25, -0.2) is 9.97 Å². The number of fused-ring (bicyclic) bond motifs is 1. The molecular formula is C16H16N4O. The Bertz CT molecular complexity index is 766. The van der Waals surface area contributed by atoms with Gasteiger partial charge in [0.1, 0.15) is 0 Å². The molecule has 0 aliphatic carbocycles. The maximum atomic E-state index is 11.7. The van der Waals surface area contributed by atoms with E-state index in [1.54, 1.807) is 6.33 Å². The Morgan fingerprint density at radius 1 is 1.19 bits per heavy atom. The summed E-state index contributed by atoms with van der Waals surface area (Å²) in [6.45, 7) is 1.83. The number of hydrogen-bond donors (Lipinski definition) is 2. The summed E-state index contributed by atoms with van der Waals surface area (Å²) in [7, 11) is 0. The summed E-state index contributed by atoms with van der Waals surface area (Å²) in [4.78, 5) is 23.4. The molecule has 5 heteroatoms. The number of carbonyl (C=O) groups is 1. The number of H-pyrrole nitrogens is 1. The van der Waals surface area contributed by atoms with Crippen molar-refractivity contribution in [2.45, 2.75) is 12.8 Å². The van der Waals surface area contributed by atoms with E-state index < -0.39 is 0 Å². The Morgan fingerprint density at radius 2 is 1.95 bits per heavy atom. The molecule has 0 fully saturated rings. The van der Waals surface area contributed by atoms with Gasteiger partial charge in [-0.1, -0.05) is 37.3 Å². The molecule has 5 nitrogen and oxygen atoms in total. The van der Waals surface area contributed by atoms with E-state index >= 15 is 0 Å². The number of aromatic amines is 1. The van der Waals surface area contributed by atoms with Gasteiger partial charge in [-0.3, -0.25) is 4.79 Å². The van der Waals surface area contributed by atoms with Crippen LogP contribution >= 0.6 is 0 Å². The molecule has 1 aromatic carbocycles. The van der Waals surface area contributed by atoms with Crippen LogP contribution in [0, 0.1) is 5.92 Å². The highest BCUT2D eigenvalue weighted by molar-refractivity contribution is 5.78. The summed E-state index contributed by atoms with van der Waals surface area (Å²) in [5.41, 5.74) is 8.85. The van der Waals surface area contributed by atoms with E-state index in [9.17, 15) is 4.79 Å². The lowest BCUT2D eigenvalue weighted by Crippen LogP contribution is -2.27. The largest absolute Gasteiger partial charge is 0.369 e. The lowest BCUT2D eigenvalue weighted by atomic mass is 9.84. The molecule has 3 rings (SSSR count). The molecule has 0 saturated heterocycles. The van der Waals surface area contributed by atoms with Gasteiger partial charge in [0.2, 0.25) is 5.91 Å². The summed E-state index contributed by atoms with van der Waals surface area (Å²) in [5.74, 6) is -0.867. The Labute approximate surface area is 122 Å². The zero-order chi connectivity index (χ0) is 14.8. The topological polar surface area (TPSA) is 84.7 Å². The molecule has 0 saturated carbocycles. The number of primary amides is 1. The van der Waals surface area contributed by atoms with Crippen molar-refractivity contribution < 1.29 is 4.79 Å². The highest BCUT2D eigenvalue weighted by Crippen LogP contribution is 2.31. The summed E-state index contributed by atoms with van der Waals surface area (Å²) < 4.78 is 0. The van der Waals surface area contributed by atoms with Crippen molar-refractivity contribution in [2.75, 3.05) is 0 Å². The van der Waals surface area contributed by atoms with Gasteiger partial charge in [-0.15, -0.1) is 0 Å². The molecule has 2 heterocycles. The van der Waals surface area contributed by atoms with Crippen molar-refractivity contribution in [1.29, 1.82) is 0 Å². The fourth-order valence-electron chi connectivity index (χ4n) is 2.55. The first-order valence-electron chi connectivity index (χ1n) is 6.81. The Morgan fingerprint density at radius 3 is 2.67 bits per heavy atom. The van der Waals surface area contributed by atoms with Gasteiger partial charge in [0, 0.05) is 11.8 Å². The van der Waals surface area contributed by atoms with Gasteiger partial charge < -0.3 is 10.7 Å². The molecule has 21 heavy (non-hydrogen) atoms. The van der Waals surface area contributed by atoms with E-state index in [1.165, 1.54) is 0 Å². The van der Waals surface area contributed by atoms with Crippen LogP contribution in [0.5, 0.6) is 0 Å². The van der Waals surface area contributed by atoms with Crippen molar-refractivity contribution in [2.24, 2.45) is 11.7 Å². The first-order chi connectivity index (χ1) is 10.2. The number of rotatable bonds is 4. The van der Waals surface area contributed by atoms with Gasteiger partial charge in [-0.05, 0) is 17.7 Å². The second-order valence-corrected chi connectivity index (χ2v) is 5.09. The Hall–Kier alpha value is -2.69. The number of hydrogen-bond acceptors (Lipinski definition) is 3. The van der Waals surface area contributed by atoms with E-state index in [4.69, 9.17) is 5.73 Å². The van der Waals surface area contributed by atoms with Gasteiger partial charge in [0.05, 0.1) is 17.5 Å². The monoisotopic (exact) mass is 280 g/mol. The fraction of sp³-hybridized carbons (Fsp3) is 0.188. The van der Waals surface area contributed by atoms with Crippen LogP contribution in [0.4, 0.5) is 0 Å². The summed E-state index contributed by atoms with van der Waals surface area (Å²) >= 11 is 0.